The third-order valence-corrected chi connectivity index (χ3v) is 4.51. The number of phenolic OH excluding ortho intramolecular Hbond substituents is 1. The Hall–Kier alpha value is -4.21. The first-order valence-electron chi connectivity index (χ1n) is 9.27. The predicted octanol–water partition coefficient (Wildman–Crippen LogP) is 2.93. The number of aryl methyl sites for hydroxylation is 2. The van der Waals surface area contributed by atoms with Gasteiger partial charge in [-0.25, -0.2) is 5.43 Å². The Morgan fingerprint density at radius 3 is 2.74 bits per heavy atom. The molecule has 1 aromatic heterocycles. The number of aromatic nitrogens is 2. The summed E-state index contributed by atoms with van der Waals surface area (Å²) in [5.74, 6) is -0.861. The van der Waals surface area contributed by atoms with E-state index in [1.54, 1.807) is 18.2 Å². The molecule has 0 aliphatic rings. The Balaban J connectivity index is 1.74. The van der Waals surface area contributed by atoms with Crippen LogP contribution in [0.4, 0.5) is 5.69 Å². The van der Waals surface area contributed by atoms with E-state index in [1.807, 2.05) is 30.7 Å². The molecule has 0 bridgehead atoms. The van der Waals surface area contributed by atoms with Crippen molar-refractivity contribution in [3.63, 3.8) is 0 Å². The normalized spacial score (nSPS) is 10.9. The first-order valence-corrected chi connectivity index (χ1v) is 9.27. The number of nitro benzene ring substituents is 1. The smallest absolute Gasteiger partial charge is 0.274 e. The van der Waals surface area contributed by atoms with Crippen molar-refractivity contribution in [1.82, 2.24) is 15.2 Å². The van der Waals surface area contributed by atoms with E-state index in [0.29, 0.717) is 12.1 Å². The third-order valence-electron chi connectivity index (χ3n) is 4.51. The van der Waals surface area contributed by atoms with Crippen molar-refractivity contribution in [2.45, 2.75) is 20.4 Å². The second kappa shape index (κ2) is 9.08. The maximum Gasteiger partial charge on any atom is 0.274 e. The summed E-state index contributed by atoms with van der Waals surface area (Å²) in [6.07, 6.45) is 1.11. The molecule has 2 N–H and O–H groups in total. The Kier molecular flexibility index (Phi) is 6.29. The van der Waals surface area contributed by atoms with Crippen LogP contribution in [0.2, 0.25) is 0 Å². The van der Waals surface area contributed by atoms with Crippen LogP contribution in [0.25, 0.3) is 0 Å². The van der Waals surface area contributed by atoms with E-state index in [9.17, 15) is 20.0 Å². The summed E-state index contributed by atoms with van der Waals surface area (Å²) in [7, 11) is 1.28. The molecule has 0 fully saturated rings. The first kappa shape index (κ1) is 21.5. The van der Waals surface area contributed by atoms with Crippen molar-refractivity contribution >= 4 is 17.8 Å². The van der Waals surface area contributed by atoms with Gasteiger partial charge in [0.05, 0.1) is 36.6 Å². The largest absolute Gasteiger partial charge is 0.504 e. The van der Waals surface area contributed by atoms with Gasteiger partial charge in [0.2, 0.25) is 0 Å². The van der Waals surface area contributed by atoms with E-state index in [4.69, 9.17) is 4.74 Å². The number of nitrogens with zero attached hydrogens (tertiary/aromatic N) is 4. The Morgan fingerprint density at radius 2 is 2.10 bits per heavy atom. The van der Waals surface area contributed by atoms with Crippen LogP contribution >= 0.6 is 0 Å². The number of carbonyl (C=O) groups excluding carboxylic acids is 1. The fourth-order valence-electron chi connectivity index (χ4n) is 3.02. The molecule has 1 heterocycles. The van der Waals surface area contributed by atoms with Crippen LogP contribution in [-0.2, 0) is 6.54 Å². The van der Waals surface area contributed by atoms with Gasteiger partial charge >= 0.3 is 0 Å². The van der Waals surface area contributed by atoms with Crippen molar-refractivity contribution in [2.75, 3.05) is 7.11 Å². The molecule has 0 aliphatic carbocycles. The molecule has 160 valence electrons. The minimum atomic E-state index is -0.619. The summed E-state index contributed by atoms with van der Waals surface area (Å²) in [5.41, 5.74) is 5.32. The standard InChI is InChI=1S/C21H21N5O5/c1-13-7-14(2)25(24-13)12-15-5-4-6-16(8-15)21(28)23-22-11-17-9-18(26(29)30)10-19(31-3)20(17)27/h4-11,27H,12H2,1-3H3,(H,23,28)/b22-11+. The number of carbonyl (C=O) groups is 1. The van der Waals surface area contributed by atoms with Gasteiger partial charge in [0, 0.05) is 22.9 Å². The molecule has 0 saturated heterocycles. The quantitative estimate of drug-likeness (QED) is 0.341. The molecule has 0 atom stereocenters. The number of amides is 1. The number of hydrogen-bond acceptors (Lipinski definition) is 7. The van der Waals surface area contributed by atoms with E-state index >= 15 is 0 Å². The maximum atomic E-state index is 12.5. The molecule has 0 spiro atoms. The zero-order valence-corrected chi connectivity index (χ0v) is 17.2. The van der Waals surface area contributed by atoms with E-state index in [2.05, 4.69) is 15.6 Å². The number of aromatic hydroxyl groups is 1. The fraction of sp³-hybridized carbons (Fsp3) is 0.190. The monoisotopic (exact) mass is 423 g/mol. The summed E-state index contributed by atoms with van der Waals surface area (Å²) in [4.78, 5) is 22.9. The van der Waals surface area contributed by atoms with Gasteiger partial charge < -0.3 is 9.84 Å². The van der Waals surface area contributed by atoms with Gasteiger partial charge in [-0.1, -0.05) is 12.1 Å². The lowest BCUT2D eigenvalue weighted by atomic mass is 10.1. The molecular weight excluding hydrogens is 402 g/mol. The van der Waals surface area contributed by atoms with Crippen molar-refractivity contribution in [2.24, 2.45) is 5.10 Å². The summed E-state index contributed by atoms with van der Waals surface area (Å²) in [6.45, 7) is 4.40. The molecule has 3 aromatic rings. The zero-order chi connectivity index (χ0) is 22.5. The topological polar surface area (TPSA) is 132 Å². The number of hydrazone groups is 1. The van der Waals surface area contributed by atoms with Crippen LogP contribution < -0.4 is 10.2 Å². The second-order valence-electron chi connectivity index (χ2n) is 6.83. The van der Waals surface area contributed by atoms with Gasteiger partial charge in [-0.15, -0.1) is 0 Å². The fourth-order valence-corrected chi connectivity index (χ4v) is 3.02. The van der Waals surface area contributed by atoms with Crippen LogP contribution in [0, 0.1) is 24.0 Å². The molecule has 0 saturated carbocycles. The van der Waals surface area contributed by atoms with E-state index < -0.39 is 10.8 Å². The summed E-state index contributed by atoms with van der Waals surface area (Å²) < 4.78 is 6.78. The molecule has 0 unspecified atom stereocenters. The lowest BCUT2D eigenvalue weighted by Gasteiger charge is -2.07. The van der Waals surface area contributed by atoms with Gasteiger partial charge in [0.15, 0.2) is 11.5 Å². The van der Waals surface area contributed by atoms with Gasteiger partial charge in [-0.2, -0.15) is 10.2 Å². The molecule has 2 aromatic carbocycles. The van der Waals surface area contributed by atoms with Crippen molar-refractivity contribution in [3.8, 4) is 11.5 Å². The van der Waals surface area contributed by atoms with Gasteiger partial charge in [0.1, 0.15) is 0 Å². The Labute approximate surface area is 177 Å². The predicted molar refractivity (Wildman–Crippen MR) is 114 cm³/mol. The molecule has 3 rings (SSSR count). The molecule has 0 radical (unpaired) electrons. The van der Waals surface area contributed by atoms with Crippen LogP contribution in [0.5, 0.6) is 11.5 Å². The molecule has 10 heteroatoms. The minimum Gasteiger partial charge on any atom is -0.504 e. The summed E-state index contributed by atoms with van der Waals surface area (Å²) in [5, 5.41) is 29.4. The molecule has 31 heavy (non-hydrogen) atoms. The summed E-state index contributed by atoms with van der Waals surface area (Å²) >= 11 is 0. The summed E-state index contributed by atoms with van der Waals surface area (Å²) in [6, 6.07) is 11.2. The van der Waals surface area contributed by atoms with Crippen molar-refractivity contribution in [3.05, 3.63) is 80.7 Å². The highest BCUT2D eigenvalue weighted by Gasteiger charge is 2.16. The number of phenols is 1. The highest BCUT2D eigenvalue weighted by molar-refractivity contribution is 5.95. The van der Waals surface area contributed by atoms with E-state index in [1.165, 1.54) is 7.11 Å². The number of nitro groups is 1. The van der Waals surface area contributed by atoms with Gasteiger partial charge in [0.25, 0.3) is 11.6 Å². The lowest BCUT2D eigenvalue weighted by Crippen LogP contribution is -2.18. The van der Waals surface area contributed by atoms with E-state index in [-0.39, 0.29) is 22.7 Å². The Bertz CT molecular complexity index is 1170. The van der Waals surface area contributed by atoms with Crippen LogP contribution in [0.3, 0.4) is 0 Å². The SMILES string of the molecule is COc1cc([N+](=O)[O-])cc(/C=N/NC(=O)c2cccc(Cn3nc(C)cc3C)c2)c1O. The average Bonchev–Trinajstić information content (AvgIpc) is 3.05. The van der Waals surface area contributed by atoms with Crippen LogP contribution in [0.1, 0.15) is 32.9 Å². The maximum absolute atomic E-state index is 12.5. The van der Waals surface area contributed by atoms with Crippen molar-refractivity contribution in [1.29, 1.82) is 0 Å². The number of hydrogen-bond donors (Lipinski definition) is 2. The average molecular weight is 423 g/mol. The van der Waals surface area contributed by atoms with Gasteiger partial charge in [-0.3, -0.25) is 19.6 Å². The Morgan fingerprint density at radius 1 is 1.32 bits per heavy atom. The number of benzene rings is 2. The number of non-ortho nitro benzene ring substituents is 1. The van der Waals surface area contributed by atoms with E-state index in [0.717, 1.165) is 35.3 Å². The second-order valence-corrected chi connectivity index (χ2v) is 6.83. The molecular formula is C21H21N5O5. The van der Waals surface area contributed by atoms with Gasteiger partial charge in [-0.05, 0) is 37.6 Å². The van der Waals surface area contributed by atoms with Crippen LogP contribution in [-0.4, -0.2) is 39.0 Å². The highest BCUT2D eigenvalue weighted by atomic mass is 16.6. The number of methoxy groups -OCH3 is 1. The molecule has 1 amide bonds. The number of ether oxygens (including phenoxy) is 1. The molecule has 0 aliphatic heterocycles. The third kappa shape index (κ3) is 5.04. The highest BCUT2D eigenvalue weighted by Crippen LogP contribution is 2.33. The van der Waals surface area contributed by atoms with Crippen LogP contribution in [0.15, 0.2) is 47.6 Å². The molecule has 10 nitrogen and oxygen atoms in total. The lowest BCUT2D eigenvalue weighted by molar-refractivity contribution is -0.385. The zero-order valence-electron chi connectivity index (χ0n) is 17.2. The number of rotatable bonds is 7. The number of nitrogens with one attached hydrogen (secondary N) is 1. The minimum absolute atomic E-state index is 0.0321. The first-order chi connectivity index (χ1) is 14.8. The van der Waals surface area contributed by atoms with Crippen molar-refractivity contribution < 1.29 is 19.6 Å².